The number of methoxy groups -OCH3 is 1. The van der Waals surface area contributed by atoms with Gasteiger partial charge in [0.15, 0.2) is 5.69 Å². The Morgan fingerprint density at radius 1 is 0.971 bits per heavy atom. The highest BCUT2D eigenvalue weighted by Gasteiger charge is 2.25. The molecule has 0 fully saturated rings. The standard InChI is InChI=1S/C25H21Cl2N3O4/c1-3-33-25(31)23-24(30(29-28-23)15-16-8-10-17(32-2)11-9-16)19-6-4-5-7-22(19)34-18-12-13-20(26)21(27)14-18/h4-14H,3,15H2,1-2H3. The number of aromatic nitrogens is 3. The van der Waals surface area contributed by atoms with Gasteiger partial charge in [-0.2, -0.15) is 0 Å². The van der Waals surface area contributed by atoms with Crippen molar-refractivity contribution in [2.24, 2.45) is 0 Å². The molecule has 174 valence electrons. The van der Waals surface area contributed by atoms with Crippen molar-refractivity contribution in [1.82, 2.24) is 15.0 Å². The average Bonchev–Trinajstić information content (AvgIpc) is 3.26. The predicted octanol–water partition coefficient (Wildman–Crippen LogP) is 6.28. The van der Waals surface area contributed by atoms with Gasteiger partial charge in [-0.15, -0.1) is 5.10 Å². The fourth-order valence-corrected chi connectivity index (χ4v) is 3.64. The van der Waals surface area contributed by atoms with Crippen LogP contribution in [0.15, 0.2) is 66.7 Å². The lowest BCUT2D eigenvalue weighted by molar-refractivity contribution is 0.0520. The fourth-order valence-electron chi connectivity index (χ4n) is 3.35. The molecule has 34 heavy (non-hydrogen) atoms. The maximum absolute atomic E-state index is 12.7. The van der Waals surface area contributed by atoms with Crippen molar-refractivity contribution in [2.45, 2.75) is 13.5 Å². The van der Waals surface area contributed by atoms with Gasteiger partial charge in [-0.3, -0.25) is 0 Å². The van der Waals surface area contributed by atoms with Crippen molar-refractivity contribution < 1.29 is 19.0 Å². The Hall–Kier alpha value is -3.55. The molecular weight excluding hydrogens is 477 g/mol. The smallest absolute Gasteiger partial charge is 0.361 e. The van der Waals surface area contributed by atoms with Gasteiger partial charge in [-0.25, -0.2) is 9.48 Å². The summed E-state index contributed by atoms with van der Waals surface area (Å²) in [6, 6.07) is 19.9. The van der Waals surface area contributed by atoms with E-state index in [0.29, 0.717) is 39.3 Å². The Morgan fingerprint density at radius 2 is 1.71 bits per heavy atom. The van der Waals surface area contributed by atoms with E-state index in [1.54, 1.807) is 43.0 Å². The van der Waals surface area contributed by atoms with Crippen LogP contribution in [0.1, 0.15) is 23.0 Å². The molecular formula is C25H21Cl2N3O4. The third-order valence-electron chi connectivity index (χ3n) is 4.96. The van der Waals surface area contributed by atoms with Crippen LogP contribution in [-0.4, -0.2) is 34.7 Å². The van der Waals surface area contributed by atoms with E-state index >= 15 is 0 Å². The molecule has 0 bridgehead atoms. The molecule has 9 heteroatoms. The van der Waals surface area contributed by atoms with Crippen molar-refractivity contribution in [3.05, 3.63) is 88.0 Å². The molecule has 0 aliphatic carbocycles. The Morgan fingerprint density at radius 3 is 2.41 bits per heavy atom. The lowest BCUT2D eigenvalue weighted by Crippen LogP contribution is -2.09. The summed E-state index contributed by atoms with van der Waals surface area (Å²) in [5, 5.41) is 9.18. The van der Waals surface area contributed by atoms with E-state index in [1.165, 1.54) is 0 Å². The second-order valence-electron chi connectivity index (χ2n) is 7.19. The summed E-state index contributed by atoms with van der Waals surface area (Å²) in [5.74, 6) is 1.16. The van der Waals surface area contributed by atoms with Crippen LogP contribution < -0.4 is 9.47 Å². The van der Waals surface area contributed by atoms with Gasteiger partial charge in [0.25, 0.3) is 0 Å². The summed E-state index contributed by atoms with van der Waals surface area (Å²) < 4.78 is 18.2. The van der Waals surface area contributed by atoms with E-state index < -0.39 is 5.97 Å². The number of halogens is 2. The van der Waals surface area contributed by atoms with E-state index in [2.05, 4.69) is 10.3 Å². The van der Waals surface area contributed by atoms with Gasteiger partial charge in [0.05, 0.1) is 30.3 Å². The third-order valence-corrected chi connectivity index (χ3v) is 5.70. The molecule has 4 rings (SSSR count). The molecule has 0 N–H and O–H groups in total. The Labute approximate surface area is 206 Å². The van der Waals surface area contributed by atoms with E-state index in [0.717, 1.165) is 11.3 Å². The molecule has 1 heterocycles. The number of nitrogens with zero attached hydrogens (tertiary/aromatic N) is 3. The van der Waals surface area contributed by atoms with Crippen molar-refractivity contribution in [2.75, 3.05) is 13.7 Å². The van der Waals surface area contributed by atoms with Gasteiger partial charge in [-0.05, 0) is 48.9 Å². The summed E-state index contributed by atoms with van der Waals surface area (Å²) in [7, 11) is 1.61. The van der Waals surface area contributed by atoms with Gasteiger partial charge in [0.1, 0.15) is 22.9 Å². The van der Waals surface area contributed by atoms with Crippen LogP contribution in [-0.2, 0) is 11.3 Å². The van der Waals surface area contributed by atoms with Crippen LogP contribution >= 0.6 is 23.2 Å². The van der Waals surface area contributed by atoms with E-state index in [-0.39, 0.29) is 12.3 Å². The molecule has 0 unspecified atom stereocenters. The van der Waals surface area contributed by atoms with Crippen molar-refractivity contribution in [3.63, 3.8) is 0 Å². The molecule has 0 spiro atoms. The molecule has 0 aliphatic rings. The average molecular weight is 498 g/mol. The van der Waals surface area contributed by atoms with Crippen LogP contribution in [0.3, 0.4) is 0 Å². The zero-order chi connectivity index (χ0) is 24.1. The Kier molecular flexibility index (Phi) is 7.35. The number of benzene rings is 3. The molecule has 1 aromatic heterocycles. The van der Waals surface area contributed by atoms with Crippen molar-refractivity contribution in [3.8, 4) is 28.5 Å². The molecule has 0 saturated heterocycles. The van der Waals surface area contributed by atoms with Gasteiger partial charge < -0.3 is 14.2 Å². The number of rotatable bonds is 8. The van der Waals surface area contributed by atoms with Crippen LogP contribution in [0.4, 0.5) is 0 Å². The molecule has 7 nitrogen and oxygen atoms in total. The monoisotopic (exact) mass is 497 g/mol. The van der Waals surface area contributed by atoms with Crippen LogP contribution in [0.5, 0.6) is 17.2 Å². The van der Waals surface area contributed by atoms with E-state index in [9.17, 15) is 4.79 Å². The number of carbonyl (C=O) groups excluding carboxylic acids is 1. The number of para-hydroxylation sites is 1. The van der Waals surface area contributed by atoms with Gasteiger partial charge in [0, 0.05) is 11.6 Å². The SMILES string of the molecule is CCOC(=O)c1nnn(Cc2ccc(OC)cc2)c1-c1ccccc1Oc1ccc(Cl)c(Cl)c1. The lowest BCUT2D eigenvalue weighted by atomic mass is 10.1. The Bertz CT molecular complexity index is 1310. The third kappa shape index (κ3) is 5.16. The highest BCUT2D eigenvalue weighted by atomic mass is 35.5. The zero-order valence-electron chi connectivity index (χ0n) is 18.5. The van der Waals surface area contributed by atoms with Crippen molar-refractivity contribution in [1.29, 1.82) is 0 Å². The number of esters is 1. The minimum atomic E-state index is -0.567. The van der Waals surface area contributed by atoms with Gasteiger partial charge in [-0.1, -0.05) is 52.7 Å². The molecule has 3 aromatic carbocycles. The normalized spacial score (nSPS) is 10.7. The largest absolute Gasteiger partial charge is 0.497 e. The second-order valence-corrected chi connectivity index (χ2v) is 8.00. The molecule has 0 amide bonds. The summed E-state index contributed by atoms with van der Waals surface area (Å²) in [4.78, 5) is 12.7. The van der Waals surface area contributed by atoms with Crippen molar-refractivity contribution >= 4 is 29.2 Å². The first kappa shape index (κ1) is 23.6. The van der Waals surface area contributed by atoms with E-state index in [1.807, 2.05) is 42.5 Å². The first-order chi connectivity index (χ1) is 16.5. The second kappa shape index (κ2) is 10.6. The number of ether oxygens (including phenoxy) is 3. The maximum Gasteiger partial charge on any atom is 0.361 e. The molecule has 0 atom stereocenters. The summed E-state index contributed by atoms with van der Waals surface area (Å²) in [6.07, 6.45) is 0. The first-order valence-corrected chi connectivity index (χ1v) is 11.2. The lowest BCUT2D eigenvalue weighted by Gasteiger charge is -2.14. The minimum absolute atomic E-state index is 0.0977. The molecule has 0 radical (unpaired) electrons. The first-order valence-electron chi connectivity index (χ1n) is 10.5. The zero-order valence-corrected chi connectivity index (χ0v) is 20.0. The summed E-state index contributed by atoms with van der Waals surface area (Å²) in [5.41, 5.74) is 2.14. The van der Waals surface area contributed by atoms with Crippen LogP contribution in [0.2, 0.25) is 10.0 Å². The molecule has 0 saturated carbocycles. The summed E-state index contributed by atoms with van der Waals surface area (Å²) in [6.45, 7) is 2.32. The van der Waals surface area contributed by atoms with Crippen LogP contribution in [0.25, 0.3) is 11.3 Å². The molecule has 0 aliphatic heterocycles. The van der Waals surface area contributed by atoms with Gasteiger partial charge in [0.2, 0.25) is 0 Å². The topological polar surface area (TPSA) is 75.5 Å². The quantitative estimate of drug-likeness (QED) is 0.266. The molecule has 4 aromatic rings. The minimum Gasteiger partial charge on any atom is -0.497 e. The number of carbonyl (C=O) groups is 1. The summed E-state index contributed by atoms with van der Waals surface area (Å²) >= 11 is 12.2. The fraction of sp³-hybridized carbons (Fsp3) is 0.160. The highest BCUT2D eigenvalue weighted by molar-refractivity contribution is 6.42. The van der Waals surface area contributed by atoms with E-state index in [4.69, 9.17) is 37.4 Å². The van der Waals surface area contributed by atoms with Crippen LogP contribution in [0, 0.1) is 0 Å². The Balaban J connectivity index is 1.78. The van der Waals surface area contributed by atoms with Gasteiger partial charge >= 0.3 is 5.97 Å². The predicted molar refractivity (Wildman–Crippen MR) is 130 cm³/mol. The maximum atomic E-state index is 12.7. The number of hydrogen-bond donors (Lipinski definition) is 0. The highest BCUT2D eigenvalue weighted by Crippen LogP contribution is 2.36. The number of hydrogen-bond acceptors (Lipinski definition) is 6.